The third-order valence-electron chi connectivity index (χ3n) is 2.59. The number of aliphatic hydroxyl groups is 1. The summed E-state index contributed by atoms with van der Waals surface area (Å²) in [4.78, 5) is 10.6. The zero-order valence-corrected chi connectivity index (χ0v) is 7.12. The van der Waals surface area contributed by atoms with Crippen LogP contribution in [0.3, 0.4) is 0 Å². The Balaban J connectivity index is 2.24. The van der Waals surface area contributed by atoms with Crippen LogP contribution in [0.25, 0.3) is 0 Å². The van der Waals surface area contributed by atoms with Crippen LogP contribution in [0.15, 0.2) is 0 Å². The van der Waals surface area contributed by atoms with Crippen molar-refractivity contribution >= 4 is 5.91 Å². The average Bonchev–Trinajstić information content (AvgIpc) is 1.83. The highest BCUT2D eigenvalue weighted by Gasteiger charge is 2.30. The molecular weight excluding hydrogens is 156 g/mol. The maximum absolute atomic E-state index is 10.6. The Bertz CT molecular complexity index is 176. The van der Waals surface area contributed by atoms with Crippen LogP contribution in [0.1, 0.15) is 32.1 Å². The van der Waals surface area contributed by atoms with Gasteiger partial charge >= 0.3 is 0 Å². The summed E-state index contributed by atoms with van der Waals surface area (Å²) >= 11 is 0. The largest absolute Gasteiger partial charge is 0.368 e. The van der Waals surface area contributed by atoms with Gasteiger partial charge in [-0.15, -0.1) is 0 Å². The van der Waals surface area contributed by atoms with Crippen molar-refractivity contribution in [3.05, 3.63) is 0 Å². The fraction of sp³-hybridized carbons (Fsp3) is 0.875. The van der Waals surface area contributed by atoms with Gasteiger partial charge in [0.05, 0.1) is 0 Å². The van der Waals surface area contributed by atoms with E-state index in [1.54, 1.807) is 0 Å². The topological polar surface area (TPSA) is 89.3 Å². The zero-order valence-electron chi connectivity index (χ0n) is 7.12. The van der Waals surface area contributed by atoms with Gasteiger partial charge in [0.15, 0.2) is 5.72 Å². The molecule has 1 aliphatic rings. The van der Waals surface area contributed by atoms with Gasteiger partial charge in [-0.3, -0.25) is 10.5 Å². The van der Waals surface area contributed by atoms with E-state index in [0.717, 1.165) is 6.42 Å². The highest BCUT2D eigenvalue weighted by atomic mass is 16.3. The molecule has 1 fully saturated rings. The minimum absolute atomic E-state index is 0.285. The first-order valence-corrected chi connectivity index (χ1v) is 4.33. The van der Waals surface area contributed by atoms with Crippen molar-refractivity contribution in [2.75, 3.05) is 0 Å². The predicted octanol–water partition coefficient (Wildman–Crippen LogP) is -0.301. The van der Waals surface area contributed by atoms with Crippen molar-refractivity contribution in [1.82, 2.24) is 0 Å². The Morgan fingerprint density at radius 2 is 2.17 bits per heavy atom. The van der Waals surface area contributed by atoms with Crippen LogP contribution < -0.4 is 11.5 Å². The summed E-state index contributed by atoms with van der Waals surface area (Å²) < 4.78 is 0. The number of rotatable bonds is 4. The van der Waals surface area contributed by atoms with E-state index < -0.39 is 11.6 Å². The molecule has 0 aromatic heterocycles. The summed E-state index contributed by atoms with van der Waals surface area (Å²) in [5, 5.41) is 9.26. The van der Waals surface area contributed by atoms with Crippen LogP contribution in [0.5, 0.6) is 0 Å². The van der Waals surface area contributed by atoms with Gasteiger partial charge < -0.3 is 10.8 Å². The van der Waals surface area contributed by atoms with E-state index in [1.165, 1.54) is 19.3 Å². The molecule has 5 N–H and O–H groups in total. The fourth-order valence-corrected chi connectivity index (χ4v) is 1.33. The van der Waals surface area contributed by atoms with E-state index >= 15 is 0 Å². The van der Waals surface area contributed by atoms with Crippen LogP contribution >= 0.6 is 0 Å². The highest BCUT2D eigenvalue weighted by molar-refractivity contribution is 5.82. The van der Waals surface area contributed by atoms with E-state index in [-0.39, 0.29) is 6.42 Å². The van der Waals surface area contributed by atoms with Crippen molar-refractivity contribution in [1.29, 1.82) is 0 Å². The van der Waals surface area contributed by atoms with Gasteiger partial charge in [0.1, 0.15) is 0 Å². The number of primary amides is 1. The van der Waals surface area contributed by atoms with E-state index in [2.05, 4.69) is 0 Å². The van der Waals surface area contributed by atoms with E-state index in [0.29, 0.717) is 5.92 Å². The molecule has 70 valence electrons. The molecule has 12 heavy (non-hydrogen) atoms. The second-order valence-electron chi connectivity index (χ2n) is 3.62. The Morgan fingerprint density at radius 1 is 1.58 bits per heavy atom. The van der Waals surface area contributed by atoms with Crippen molar-refractivity contribution in [3.63, 3.8) is 0 Å². The number of carbonyl (C=O) groups is 1. The molecule has 0 aromatic rings. The summed E-state index contributed by atoms with van der Waals surface area (Å²) in [5.41, 5.74) is 8.37. The van der Waals surface area contributed by atoms with Crippen LogP contribution in [0.2, 0.25) is 0 Å². The maximum atomic E-state index is 10.6. The number of hydrogen-bond acceptors (Lipinski definition) is 3. The van der Waals surface area contributed by atoms with Gasteiger partial charge in [-0.25, -0.2) is 0 Å². The van der Waals surface area contributed by atoms with Gasteiger partial charge in [0.25, 0.3) is 5.91 Å². The normalized spacial score (nSPS) is 22.8. The molecule has 0 heterocycles. The van der Waals surface area contributed by atoms with Gasteiger partial charge in [0.2, 0.25) is 0 Å². The summed E-state index contributed by atoms with van der Waals surface area (Å²) in [6, 6.07) is 0. The minimum Gasteiger partial charge on any atom is -0.368 e. The number of hydrogen-bond donors (Lipinski definition) is 3. The summed E-state index contributed by atoms with van der Waals surface area (Å²) in [6.45, 7) is 0. The molecule has 0 aliphatic heterocycles. The SMILES string of the molecule is NC(=O)C(N)(O)CCC1CCC1. The zero-order chi connectivity index (χ0) is 9.19. The summed E-state index contributed by atoms with van der Waals surface area (Å²) in [5.74, 6) is -0.193. The maximum Gasteiger partial charge on any atom is 0.264 e. The van der Waals surface area contributed by atoms with Crippen LogP contribution in [-0.2, 0) is 4.79 Å². The van der Waals surface area contributed by atoms with Crippen LogP contribution in [-0.4, -0.2) is 16.7 Å². The Labute approximate surface area is 71.9 Å². The lowest BCUT2D eigenvalue weighted by molar-refractivity contribution is -0.136. The molecule has 1 amide bonds. The van der Waals surface area contributed by atoms with Gasteiger partial charge in [0, 0.05) is 0 Å². The van der Waals surface area contributed by atoms with Crippen molar-refractivity contribution in [3.8, 4) is 0 Å². The van der Waals surface area contributed by atoms with Gasteiger partial charge in [-0.2, -0.15) is 0 Å². The van der Waals surface area contributed by atoms with E-state index in [1.807, 2.05) is 0 Å². The molecule has 4 heteroatoms. The Hall–Kier alpha value is -0.610. The quantitative estimate of drug-likeness (QED) is 0.508. The lowest BCUT2D eigenvalue weighted by Gasteiger charge is -2.28. The average molecular weight is 172 g/mol. The first-order chi connectivity index (χ1) is 5.52. The van der Waals surface area contributed by atoms with Crippen molar-refractivity contribution < 1.29 is 9.90 Å². The molecule has 0 radical (unpaired) electrons. The first kappa shape index (κ1) is 9.48. The van der Waals surface area contributed by atoms with E-state index in [9.17, 15) is 9.90 Å². The predicted molar refractivity (Wildman–Crippen MR) is 44.9 cm³/mol. The molecule has 0 aromatic carbocycles. The Morgan fingerprint density at radius 3 is 2.50 bits per heavy atom. The molecule has 1 saturated carbocycles. The second-order valence-corrected chi connectivity index (χ2v) is 3.62. The molecule has 1 rings (SSSR count). The molecule has 0 saturated heterocycles. The third kappa shape index (κ3) is 2.19. The third-order valence-corrected chi connectivity index (χ3v) is 2.59. The van der Waals surface area contributed by atoms with E-state index in [4.69, 9.17) is 11.5 Å². The molecule has 1 aliphatic carbocycles. The van der Waals surface area contributed by atoms with Crippen molar-refractivity contribution in [2.24, 2.45) is 17.4 Å². The monoisotopic (exact) mass is 172 g/mol. The summed E-state index contributed by atoms with van der Waals surface area (Å²) in [6.07, 6.45) is 4.72. The number of amides is 1. The van der Waals surface area contributed by atoms with Gasteiger partial charge in [-0.05, 0) is 18.8 Å². The summed E-state index contributed by atoms with van der Waals surface area (Å²) in [7, 11) is 0. The molecule has 0 bridgehead atoms. The molecule has 4 nitrogen and oxygen atoms in total. The number of carbonyl (C=O) groups excluding carboxylic acids is 1. The highest BCUT2D eigenvalue weighted by Crippen LogP contribution is 2.31. The minimum atomic E-state index is -1.80. The van der Waals surface area contributed by atoms with Crippen molar-refractivity contribution in [2.45, 2.75) is 37.8 Å². The lowest BCUT2D eigenvalue weighted by Crippen LogP contribution is -2.52. The standard InChI is InChI=1S/C8H16N2O2/c9-7(11)8(10,12)5-4-6-2-1-3-6/h6,12H,1-5,10H2,(H2,9,11). The van der Waals surface area contributed by atoms with Gasteiger partial charge in [-0.1, -0.05) is 19.3 Å². The molecule has 1 unspecified atom stereocenters. The Kier molecular flexibility index (Phi) is 2.69. The lowest BCUT2D eigenvalue weighted by atomic mass is 9.81. The molecule has 0 spiro atoms. The fourth-order valence-electron chi connectivity index (χ4n) is 1.33. The second kappa shape index (κ2) is 3.41. The first-order valence-electron chi connectivity index (χ1n) is 4.33. The molecular formula is C8H16N2O2. The molecule has 1 atom stereocenters. The van der Waals surface area contributed by atoms with Crippen LogP contribution in [0.4, 0.5) is 0 Å². The smallest absolute Gasteiger partial charge is 0.264 e. The van der Waals surface area contributed by atoms with Crippen LogP contribution in [0, 0.1) is 5.92 Å². The number of nitrogens with two attached hydrogens (primary N) is 2.